The Balaban J connectivity index is 1.87. The number of aryl methyl sites for hydroxylation is 1. The highest BCUT2D eigenvalue weighted by Crippen LogP contribution is 2.38. The molecular formula is C25H33Cl2NO3. The monoisotopic (exact) mass is 465 g/mol. The molecule has 0 spiro atoms. The topological polar surface area (TPSA) is 58.6 Å². The average Bonchev–Trinajstić information content (AvgIpc) is 2.75. The molecule has 1 atom stereocenters. The van der Waals surface area contributed by atoms with E-state index in [9.17, 15) is 9.90 Å². The molecule has 6 heteroatoms. The van der Waals surface area contributed by atoms with E-state index in [-0.39, 0.29) is 16.5 Å². The molecule has 2 N–H and O–H groups in total. The fourth-order valence-electron chi connectivity index (χ4n) is 3.35. The summed E-state index contributed by atoms with van der Waals surface area (Å²) in [7, 11) is 0. The summed E-state index contributed by atoms with van der Waals surface area (Å²) in [5.41, 5.74) is 1.92. The molecule has 170 valence electrons. The van der Waals surface area contributed by atoms with Crippen LogP contribution in [-0.2, 0) is 11.2 Å². The number of rotatable bonds is 12. The van der Waals surface area contributed by atoms with Gasteiger partial charge in [0, 0.05) is 5.02 Å². The molecule has 1 unspecified atom stereocenters. The van der Waals surface area contributed by atoms with E-state index >= 15 is 0 Å². The molecule has 0 aliphatic carbocycles. The maximum atomic E-state index is 12.5. The Morgan fingerprint density at radius 2 is 1.77 bits per heavy atom. The van der Waals surface area contributed by atoms with Crippen molar-refractivity contribution in [1.82, 2.24) is 0 Å². The van der Waals surface area contributed by atoms with Gasteiger partial charge >= 0.3 is 0 Å². The van der Waals surface area contributed by atoms with Crippen LogP contribution < -0.4 is 10.1 Å². The van der Waals surface area contributed by atoms with Crippen molar-refractivity contribution in [3.8, 4) is 11.5 Å². The van der Waals surface area contributed by atoms with Crippen LogP contribution in [-0.4, -0.2) is 17.1 Å². The third kappa shape index (κ3) is 7.93. The fourth-order valence-corrected chi connectivity index (χ4v) is 3.81. The number of hydrogen-bond acceptors (Lipinski definition) is 3. The van der Waals surface area contributed by atoms with Crippen molar-refractivity contribution in [2.75, 3.05) is 5.32 Å². The van der Waals surface area contributed by atoms with Crippen LogP contribution in [0.5, 0.6) is 11.5 Å². The van der Waals surface area contributed by atoms with Crippen molar-refractivity contribution in [3.05, 3.63) is 51.5 Å². The molecule has 0 radical (unpaired) electrons. The second-order valence-electron chi connectivity index (χ2n) is 7.96. The Kier molecular flexibility index (Phi) is 10.5. The number of ether oxygens (including phenoxy) is 1. The van der Waals surface area contributed by atoms with Crippen molar-refractivity contribution in [3.63, 3.8) is 0 Å². The van der Waals surface area contributed by atoms with Crippen LogP contribution in [0.3, 0.4) is 0 Å². The van der Waals surface area contributed by atoms with E-state index in [0.29, 0.717) is 16.3 Å². The minimum Gasteiger partial charge on any atom is -0.504 e. The second kappa shape index (κ2) is 12.8. The van der Waals surface area contributed by atoms with Crippen LogP contribution in [0, 0.1) is 6.92 Å². The van der Waals surface area contributed by atoms with E-state index < -0.39 is 12.0 Å². The number of phenols is 1. The van der Waals surface area contributed by atoms with Gasteiger partial charge in [-0.15, -0.1) is 0 Å². The highest BCUT2D eigenvalue weighted by molar-refractivity contribution is 6.37. The number of carbonyl (C=O) groups is 1. The zero-order valence-corrected chi connectivity index (χ0v) is 20.2. The first-order valence-electron chi connectivity index (χ1n) is 11.1. The number of unbranched alkanes of at least 4 members (excludes halogenated alkanes) is 6. The van der Waals surface area contributed by atoms with Crippen LogP contribution in [0.2, 0.25) is 10.0 Å². The smallest absolute Gasteiger partial charge is 0.265 e. The van der Waals surface area contributed by atoms with Gasteiger partial charge in [-0.2, -0.15) is 0 Å². The number of benzene rings is 2. The maximum absolute atomic E-state index is 12.5. The molecule has 2 rings (SSSR count). The Bertz CT molecular complexity index is 870. The lowest BCUT2D eigenvalue weighted by Gasteiger charge is -2.17. The lowest BCUT2D eigenvalue weighted by atomic mass is 10.0. The van der Waals surface area contributed by atoms with Gasteiger partial charge in [0.05, 0.1) is 10.7 Å². The van der Waals surface area contributed by atoms with Crippen molar-refractivity contribution in [1.29, 1.82) is 0 Å². The first-order valence-corrected chi connectivity index (χ1v) is 11.8. The summed E-state index contributed by atoms with van der Waals surface area (Å²) in [5, 5.41) is 13.3. The van der Waals surface area contributed by atoms with E-state index in [0.717, 1.165) is 12.8 Å². The summed E-state index contributed by atoms with van der Waals surface area (Å²) in [4.78, 5) is 12.5. The SMILES string of the molecule is CCCCCCCCCc1cccc(OC(C)C(=O)Nc2cc(Cl)c(C)c(Cl)c2O)c1. The highest BCUT2D eigenvalue weighted by Gasteiger charge is 2.19. The molecule has 0 bridgehead atoms. The molecule has 0 aliphatic heterocycles. The summed E-state index contributed by atoms with van der Waals surface area (Å²) in [6, 6.07) is 9.34. The minimum absolute atomic E-state index is 0.120. The number of carbonyl (C=O) groups excluding carboxylic acids is 1. The molecule has 2 aromatic rings. The third-order valence-electron chi connectivity index (χ3n) is 5.33. The summed E-state index contributed by atoms with van der Waals surface area (Å²) in [6.07, 6.45) is 9.17. The molecule has 4 nitrogen and oxygen atoms in total. The average molecular weight is 466 g/mol. The van der Waals surface area contributed by atoms with Gasteiger partial charge in [-0.25, -0.2) is 0 Å². The maximum Gasteiger partial charge on any atom is 0.265 e. The predicted octanol–water partition coefficient (Wildman–Crippen LogP) is 7.71. The molecule has 0 aromatic heterocycles. The standard InChI is InChI=1S/C25H33Cl2NO3/c1-4-5-6-7-8-9-10-12-19-13-11-14-20(15-19)31-18(3)25(30)28-22-16-21(26)17(2)23(27)24(22)29/h11,13-16,18,29H,4-10,12H2,1-3H3,(H,28,30). The van der Waals surface area contributed by atoms with Crippen molar-refractivity contribution >= 4 is 34.8 Å². The summed E-state index contributed by atoms with van der Waals surface area (Å²) >= 11 is 12.2. The van der Waals surface area contributed by atoms with Gasteiger partial charge in [-0.1, -0.05) is 80.8 Å². The van der Waals surface area contributed by atoms with E-state index in [1.54, 1.807) is 13.8 Å². The number of amides is 1. The number of anilines is 1. The molecule has 0 saturated carbocycles. The zero-order chi connectivity index (χ0) is 22.8. The number of nitrogens with one attached hydrogen (secondary N) is 1. The van der Waals surface area contributed by atoms with Crippen LogP contribution in [0.25, 0.3) is 0 Å². The lowest BCUT2D eigenvalue weighted by Crippen LogP contribution is -2.30. The molecule has 31 heavy (non-hydrogen) atoms. The van der Waals surface area contributed by atoms with E-state index in [2.05, 4.69) is 18.3 Å². The van der Waals surface area contributed by atoms with Gasteiger partial charge in [0.15, 0.2) is 11.9 Å². The zero-order valence-electron chi connectivity index (χ0n) is 18.6. The van der Waals surface area contributed by atoms with Gasteiger partial charge in [0.25, 0.3) is 5.91 Å². The van der Waals surface area contributed by atoms with Crippen LogP contribution in [0.4, 0.5) is 5.69 Å². The quantitative estimate of drug-likeness (QED) is 0.249. The van der Waals surface area contributed by atoms with Gasteiger partial charge < -0.3 is 15.2 Å². The predicted molar refractivity (Wildman–Crippen MR) is 130 cm³/mol. The fraction of sp³-hybridized carbons (Fsp3) is 0.480. The van der Waals surface area contributed by atoms with E-state index in [4.69, 9.17) is 27.9 Å². The van der Waals surface area contributed by atoms with Gasteiger partial charge in [-0.05, 0) is 56.0 Å². The molecule has 0 saturated heterocycles. The van der Waals surface area contributed by atoms with Crippen LogP contribution in [0.1, 0.15) is 69.9 Å². The Morgan fingerprint density at radius 1 is 1.10 bits per heavy atom. The van der Waals surface area contributed by atoms with Gasteiger partial charge in [0.2, 0.25) is 0 Å². The summed E-state index contributed by atoms with van der Waals surface area (Å²) in [6.45, 7) is 5.59. The Morgan fingerprint density at radius 3 is 2.48 bits per heavy atom. The van der Waals surface area contributed by atoms with Crippen molar-refractivity contribution in [2.45, 2.75) is 78.2 Å². The highest BCUT2D eigenvalue weighted by atomic mass is 35.5. The molecule has 1 amide bonds. The summed E-state index contributed by atoms with van der Waals surface area (Å²) in [5.74, 6) is 0.0388. The molecule has 0 aliphatic rings. The molecule has 2 aromatic carbocycles. The van der Waals surface area contributed by atoms with Gasteiger partial charge in [0.1, 0.15) is 5.75 Å². The first-order chi connectivity index (χ1) is 14.8. The van der Waals surface area contributed by atoms with Crippen LogP contribution in [0.15, 0.2) is 30.3 Å². The van der Waals surface area contributed by atoms with Crippen molar-refractivity contribution < 1.29 is 14.6 Å². The molecule has 0 fully saturated rings. The minimum atomic E-state index is -0.757. The van der Waals surface area contributed by atoms with Crippen molar-refractivity contribution in [2.24, 2.45) is 0 Å². The lowest BCUT2D eigenvalue weighted by molar-refractivity contribution is -0.122. The largest absolute Gasteiger partial charge is 0.504 e. The number of halogens is 2. The first kappa shape index (κ1) is 25.4. The number of hydrogen-bond donors (Lipinski definition) is 2. The molecule has 0 heterocycles. The number of phenolic OH excluding ortho intramolecular Hbond substituents is 1. The summed E-state index contributed by atoms with van der Waals surface area (Å²) < 4.78 is 5.83. The Labute approximate surface area is 195 Å². The normalized spacial score (nSPS) is 11.9. The van der Waals surface area contributed by atoms with E-state index in [1.165, 1.54) is 50.2 Å². The second-order valence-corrected chi connectivity index (χ2v) is 8.75. The Hall–Kier alpha value is -1.91. The van der Waals surface area contributed by atoms with Crippen LogP contribution >= 0.6 is 23.2 Å². The van der Waals surface area contributed by atoms with E-state index in [1.807, 2.05) is 18.2 Å². The molecular weight excluding hydrogens is 433 g/mol. The number of aromatic hydroxyl groups is 1. The third-order valence-corrected chi connectivity index (χ3v) is 6.18. The van der Waals surface area contributed by atoms with Gasteiger partial charge in [-0.3, -0.25) is 4.79 Å².